The summed E-state index contributed by atoms with van der Waals surface area (Å²) in [4.78, 5) is 0. The highest BCUT2D eigenvalue weighted by atomic mass is 32.2. The van der Waals surface area contributed by atoms with E-state index < -0.39 is 33.5 Å². The predicted molar refractivity (Wildman–Crippen MR) is 102 cm³/mol. The zero-order chi connectivity index (χ0) is 22.1. The minimum Gasteiger partial charge on any atom is -0.270 e. The topological polar surface area (TPSA) is 43.4 Å². The van der Waals surface area contributed by atoms with Crippen molar-refractivity contribution in [2.45, 2.75) is 37.8 Å². The Morgan fingerprint density at radius 3 is 1.97 bits per heavy atom. The van der Waals surface area contributed by atoms with Crippen LogP contribution in [0.15, 0.2) is 36.4 Å². The highest BCUT2D eigenvalue weighted by Gasteiger charge is 2.30. The van der Waals surface area contributed by atoms with E-state index >= 15 is 0 Å². The number of rotatable bonds is 5. The van der Waals surface area contributed by atoms with Gasteiger partial charge in [-0.1, -0.05) is 12.1 Å². The van der Waals surface area contributed by atoms with Gasteiger partial charge in [0.05, 0.1) is 24.0 Å². The first-order valence-corrected chi connectivity index (χ1v) is 11.3. The van der Waals surface area contributed by atoms with Gasteiger partial charge in [0.2, 0.25) is 0 Å². The molecule has 1 aliphatic carbocycles. The summed E-state index contributed by atoms with van der Waals surface area (Å²) in [6.07, 6.45) is -0.923. The van der Waals surface area contributed by atoms with Gasteiger partial charge in [0.15, 0.2) is 0 Å². The Bertz CT molecular complexity index is 969. The molecule has 3 rings (SSSR count). The summed E-state index contributed by atoms with van der Waals surface area (Å²) < 4.78 is 94.4. The molecule has 0 saturated heterocycles. The quantitative estimate of drug-likeness (QED) is 0.423. The standard InChI is InChI=1S/C21H21F5O3S/c1-30(27,28)29-12-13-2-4-14(5-3-13)16-10-18(22)20(19(23)11-16)15-6-8-17(9-7-15)21(24,25)26/h6-11,13-14H,2-5,12H2,1H3. The lowest BCUT2D eigenvalue weighted by Gasteiger charge is -2.28. The maximum absolute atomic E-state index is 14.7. The molecule has 0 bridgehead atoms. The molecule has 2 aromatic carbocycles. The summed E-state index contributed by atoms with van der Waals surface area (Å²) in [5.74, 6) is -1.66. The van der Waals surface area contributed by atoms with Crippen molar-refractivity contribution in [1.29, 1.82) is 0 Å². The van der Waals surface area contributed by atoms with Crippen molar-refractivity contribution in [3.8, 4) is 11.1 Å². The van der Waals surface area contributed by atoms with Crippen LogP contribution in [0.3, 0.4) is 0 Å². The molecule has 0 N–H and O–H groups in total. The normalized spacial score (nSPS) is 20.3. The number of hydrogen-bond donors (Lipinski definition) is 0. The molecule has 1 saturated carbocycles. The summed E-state index contributed by atoms with van der Waals surface area (Å²) >= 11 is 0. The molecule has 0 atom stereocenters. The van der Waals surface area contributed by atoms with Gasteiger partial charge in [-0.3, -0.25) is 4.18 Å². The van der Waals surface area contributed by atoms with Gasteiger partial charge >= 0.3 is 6.18 Å². The molecule has 3 nitrogen and oxygen atoms in total. The van der Waals surface area contributed by atoms with Gasteiger partial charge in [-0.05, 0) is 72.9 Å². The molecule has 164 valence electrons. The van der Waals surface area contributed by atoms with E-state index in [1.165, 1.54) is 12.1 Å². The molecule has 0 heterocycles. The summed E-state index contributed by atoms with van der Waals surface area (Å²) in [6, 6.07) is 6.15. The predicted octanol–water partition coefficient (Wildman–Crippen LogP) is 5.90. The van der Waals surface area contributed by atoms with Crippen LogP contribution >= 0.6 is 0 Å². The maximum atomic E-state index is 14.7. The van der Waals surface area contributed by atoms with Crippen LogP contribution in [0.2, 0.25) is 0 Å². The first-order chi connectivity index (χ1) is 13.9. The largest absolute Gasteiger partial charge is 0.416 e. The van der Waals surface area contributed by atoms with Gasteiger partial charge in [-0.15, -0.1) is 0 Å². The van der Waals surface area contributed by atoms with E-state index in [2.05, 4.69) is 0 Å². The van der Waals surface area contributed by atoms with Gasteiger partial charge in [-0.25, -0.2) is 8.78 Å². The van der Waals surface area contributed by atoms with Crippen molar-refractivity contribution < 1.29 is 34.6 Å². The minimum absolute atomic E-state index is 0.0335. The fourth-order valence-electron chi connectivity index (χ4n) is 3.81. The summed E-state index contributed by atoms with van der Waals surface area (Å²) in [7, 11) is -3.50. The second kappa shape index (κ2) is 8.63. The van der Waals surface area contributed by atoms with Gasteiger partial charge in [0, 0.05) is 0 Å². The molecule has 0 aliphatic heterocycles. The Kier molecular flexibility index (Phi) is 6.52. The number of halogens is 5. The van der Waals surface area contributed by atoms with E-state index in [9.17, 15) is 30.4 Å². The molecule has 0 aromatic heterocycles. The first kappa shape index (κ1) is 22.7. The average Bonchev–Trinajstić information content (AvgIpc) is 2.65. The van der Waals surface area contributed by atoms with Crippen LogP contribution in [0, 0.1) is 17.6 Å². The fraction of sp³-hybridized carbons (Fsp3) is 0.429. The lowest BCUT2D eigenvalue weighted by molar-refractivity contribution is -0.137. The van der Waals surface area contributed by atoms with E-state index in [4.69, 9.17) is 4.18 Å². The number of benzene rings is 2. The lowest BCUT2D eigenvalue weighted by atomic mass is 9.78. The van der Waals surface area contributed by atoms with E-state index in [0.29, 0.717) is 31.2 Å². The van der Waals surface area contributed by atoms with Crippen molar-refractivity contribution in [3.05, 3.63) is 59.2 Å². The van der Waals surface area contributed by atoms with E-state index in [-0.39, 0.29) is 29.6 Å². The Morgan fingerprint density at radius 1 is 0.967 bits per heavy atom. The average molecular weight is 448 g/mol. The molecular formula is C21H21F5O3S. The van der Waals surface area contributed by atoms with Crippen LogP contribution in [0.1, 0.15) is 42.7 Å². The maximum Gasteiger partial charge on any atom is 0.416 e. The third-order valence-electron chi connectivity index (χ3n) is 5.40. The molecule has 0 spiro atoms. The van der Waals surface area contributed by atoms with Crippen molar-refractivity contribution in [1.82, 2.24) is 0 Å². The highest BCUT2D eigenvalue weighted by Crippen LogP contribution is 2.39. The van der Waals surface area contributed by atoms with Gasteiger partial charge < -0.3 is 0 Å². The zero-order valence-corrected chi connectivity index (χ0v) is 17.0. The summed E-state index contributed by atoms with van der Waals surface area (Å²) in [6.45, 7) is 0.0983. The smallest absolute Gasteiger partial charge is 0.270 e. The van der Waals surface area contributed by atoms with Crippen LogP contribution in [0.4, 0.5) is 22.0 Å². The van der Waals surface area contributed by atoms with Crippen molar-refractivity contribution in [2.75, 3.05) is 12.9 Å². The zero-order valence-electron chi connectivity index (χ0n) is 16.2. The van der Waals surface area contributed by atoms with E-state index in [0.717, 1.165) is 30.5 Å². The van der Waals surface area contributed by atoms with Gasteiger partial charge in [-0.2, -0.15) is 21.6 Å². The second-order valence-electron chi connectivity index (χ2n) is 7.64. The van der Waals surface area contributed by atoms with Crippen molar-refractivity contribution in [2.24, 2.45) is 5.92 Å². The first-order valence-electron chi connectivity index (χ1n) is 9.45. The highest BCUT2D eigenvalue weighted by molar-refractivity contribution is 7.85. The molecular weight excluding hydrogens is 427 g/mol. The molecule has 30 heavy (non-hydrogen) atoms. The minimum atomic E-state index is -4.52. The molecule has 0 radical (unpaired) electrons. The molecule has 9 heteroatoms. The van der Waals surface area contributed by atoms with Crippen molar-refractivity contribution >= 4 is 10.1 Å². The third kappa shape index (κ3) is 5.57. The Hall–Kier alpha value is -2.00. The molecule has 1 fully saturated rings. The SMILES string of the molecule is CS(=O)(=O)OCC1CCC(c2cc(F)c(-c3ccc(C(F)(F)F)cc3)c(F)c2)CC1. The van der Waals surface area contributed by atoms with Crippen LogP contribution in [-0.2, 0) is 20.5 Å². The van der Waals surface area contributed by atoms with Crippen LogP contribution in [0.25, 0.3) is 11.1 Å². The summed E-state index contributed by atoms with van der Waals surface area (Å²) in [5, 5.41) is 0. The molecule has 0 amide bonds. The second-order valence-corrected chi connectivity index (χ2v) is 9.28. The number of hydrogen-bond acceptors (Lipinski definition) is 3. The van der Waals surface area contributed by atoms with E-state index in [1.54, 1.807) is 0 Å². The van der Waals surface area contributed by atoms with Crippen LogP contribution in [-0.4, -0.2) is 21.3 Å². The van der Waals surface area contributed by atoms with Crippen molar-refractivity contribution in [3.63, 3.8) is 0 Å². The lowest BCUT2D eigenvalue weighted by Crippen LogP contribution is -2.19. The Labute approximate surface area is 172 Å². The summed E-state index contributed by atoms with van der Waals surface area (Å²) in [5.41, 5.74) is -0.725. The Morgan fingerprint density at radius 2 is 1.50 bits per heavy atom. The monoisotopic (exact) mass is 448 g/mol. The molecule has 0 unspecified atom stereocenters. The van der Waals surface area contributed by atoms with Crippen LogP contribution in [0.5, 0.6) is 0 Å². The molecule has 2 aromatic rings. The van der Waals surface area contributed by atoms with E-state index in [1.807, 2.05) is 0 Å². The number of alkyl halides is 3. The molecule has 1 aliphatic rings. The third-order valence-corrected chi connectivity index (χ3v) is 5.97. The van der Waals surface area contributed by atoms with Gasteiger partial charge in [0.25, 0.3) is 10.1 Å². The Balaban J connectivity index is 1.73. The van der Waals surface area contributed by atoms with Gasteiger partial charge in [0.1, 0.15) is 11.6 Å². The fourth-order valence-corrected chi connectivity index (χ4v) is 4.25. The van der Waals surface area contributed by atoms with Crippen LogP contribution < -0.4 is 0 Å².